The number of nitrogens with zero attached hydrogens (tertiary/aromatic N) is 1. The topological polar surface area (TPSA) is 38.5 Å². The number of para-hydroxylation sites is 1. The maximum absolute atomic E-state index is 5.77. The SMILES string of the molecule is CN(c1ccccc1CN)C1CCOCC1. The lowest BCUT2D eigenvalue weighted by Gasteiger charge is -2.34. The van der Waals surface area contributed by atoms with Crippen LogP contribution >= 0.6 is 0 Å². The number of hydrogen-bond donors (Lipinski definition) is 1. The molecule has 0 aromatic heterocycles. The average Bonchev–Trinajstić information content (AvgIpc) is 2.39. The molecule has 1 aliphatic rings. The van der Waals surface area contributed by atoms with E-state index < -0.39 is 0 Å². The summed E-state index contributed by atoms with van der Waals surface area (Å²) in [6.45, 7) is 2.35. The summed E-state index contributed by atoms with van der Waals surface area (Å²) in [6, 6.07) is 8.96. The number of rotatable bonds is 3. The quantitative estimate of drug-likeness (QED) is 0.843. The van der Waals surface area contributed by atoms with Gasteiger partial charge < -0.3 is 15.4 Å². The molecule has 0 bridgehead atoms. The maximum Gasteiger partial charge on any atom is 0.0485 e. The van der Waals surface area contributed by atoms with Crippen LogP contribution in [-0.2, 0) is 11.3 Å². The Balaban J connectivity index is 2.15. The highest BCUT2D eigenvalue weighted by Crippen LogP contribution is 2.24. The second-order valence-corrected chi connectivity index (χ2v) is 4.29. The van der Waals surface area contributed by atoms with Crippen LogP contribution in [0.4, 0.5) is 5.69 Å². The zero-order chi connectivity index (χ0) is 11.4. The van der Waals surface area contributed by atoms with E-state index in [4.69, 9.17) is 10.5 Å². The zero-order valence-electron chi connectivity index (χ0n) is 9.86. The largest absolute Gasteiger partial charge is 0.381 e. The van der Waals surface area contributed by atoms with E-state index in [2.05, 4.69) is 30.1 Å². The molecule has 0 aliphatic carbocycles. The van der Waals surface area contributed by atoms with Crippen molar-refractivity contribution in [2.75, 3.05) is 25.2 Å². The Kier molecular flexibility index (Phi) is 3.80. The van der Waals surface area contributed by atoms with Crippen molar-refractivity contribution in [2.45, 2.75) is 25.4 Å². The molecular weight excluding hydrogens is 200 g/mol. The Hall–Kier alpha value is -1.06. The van der Waals surface area contributed by atoms with Crippen LogP contribution in [-0.4, -0.2) is 26.3 Å². The van der Waals surface area contributed by atoms with Gasteiger partial charge in [0.1, 0.15) is 0 Å². The molecule has 2 rings (SSSR count). The molecule has 3 nitrogen and oxygen atoms in total. The minimum Gasteiger partial charge on any atom is -0.381 e. The molecule has 1 aromatic carbocycles. The van der Waals surface area contributed by atoms with Crippen LogP contribution in [0.25, 0.3) is 0 Å². The molecule has 0 amide bonds. The van der Waals surface area contributed by atoms with Crippen LogP contribution in [0.3, 0.4) is 0 Å². The molecule has 0 spiro atoms. The molecule has 1 fully saturated rings. The van der Waals surface area contributed by atoms with Crippen LogP contribution in [0.5, 0.6) is 0 Å². The van der Waals surface area contributed by atoms with Crippen molar-refractivity contribution >= 4 is 5.69 Å². The van der Waals surface area contributed by atoms with E-state index in [1.54, 1.807) is 0 Å². The second kappa shape index (κ2) is 5.32. The number of nitrogens with two attached hydrogens (primary N) is 1. The van der Waals surface area contributed by atoms with Crippen LogP contribution in [0.2, 0.25) is 0 Å². The van der Waals surface area contributed by atoms with Crippen molar-refractivity contribution in [3.05, 3.63) is 29.8 Å². The molecule has 0 unspecified atom stereocenters. The number of benzene rings is 1. The molecule has 2 N–H and O–H groups in total. The molecule has 16 heavy (non-hydrogen) atoms. The summed E-state index contributed by atoms with van der Waals surface area (Å²) < 4.78 is 5.39. The Morgan fingerprint density at radius 1 is 1.31 bits per heavy atom. The Morgan fingerprint density at radius 2 is 2.00 bits per heavy atom. The highest BCUT2D eigenvalue weighted by molar-refractivity contribution is 5.53. The third-order valence-corrected chi connectivity index (χ3v) is 3.33. The van der Waals surface area contributed by atoms with Gasteiger partial charge in [-0.2, -0.15) is 0 Å². The fourth-order valence-electron chi connectivity index (χ4n) is 2.30. The monoisotopic (exact) mass is 220 g/mol. The highest BCUT2D eigenvalue weighted by atomic mass is 16.5. The van der Waals surface area contributed by atoms with Crippen molar-refractivity contribution in [1.29, 1.82) is 0 Å². The average molecular weight is 220 g/mol. The van der Waals surface area contributed by atoms with E-state index in [9.17, 15) is 0 Å². The Morgan fingerprint density at radius 3 is 2.69 bits per heavy atom. The molecule has 0 saturated carbocycles. The Labute approximate surface area is 97.2 Å². The Bertz CT molecular complexity index is 334. The van der Waals surface area contributed by atoms with Crippen molar-refractivity contribution < 1.29 is 4.74 Å². The van der Waals surface area contributed by atoms with Gasteiger partial charge in [-0.15, -0.1) is 0 Å². The lowest BCUT2D eigenvalue weighted by molar-refractivity contribution is 0.0854. The predicted molar refractivity (Wildman–Crippen MR) is 66.6 cm³/mol. The first-order valence-corrected chi connectivity index (χ1v) is 5.91. The molecule has 1 heterocycles. The van der Waals surface area contributed by atoms with Gasteiger partial charge >= 0.3 is 0 Å². The van der Waals surface area contributed by atoms with Crippen molar-refractivity contribution in [3.63, 3.8) is 0 Å². The summed E-state index contributed by atoms with van der Waals surface area (Å²) >= 11 is 0. The second-order valence-electron chi connectivity index (χ2n) is 4.29. The lowest BCUT2D eigenvalue weighted by Crippen LogP contribution is -2.37. The number of anilines is 1. The zero-order valence-corrected chi connectivity index (χ0v) is 9.86. The summed E-state index contributed by atoms with van der Waals surface area (Å²) in [7, 11) is 2.16. The summed E-state index contributed by atoms with van der Waals surface area (Å²) in [4.78, 5) is 2.35. The van der Waals surface area contributed by atoms with E-state index in [-0.39, 0.29) is 0 Å². The molecular formula is C13H20N2O. The fourth-order valence-corrected chi connectivity index (χ4v) is 2.30. The van der Waals surface area contributed by atoms with Gasteiger partial charge in [0.2, 0.25) is 0 Å². The smallest absolute Gasteiger partial charge is 0.0485 e. The third-order valence-electron chi connectivity index (χ3n) is 3.33. The van der Waals surface area contributed by atoms with E-state index in [0.717, 1.165) is 26.1 Å². The van der Waals surface area contributed by atoms with E-state index in [1.165, 1.54) is 11.3 Å². The lowest BCUT2D eigenvalue weighted by atomic mass is 10.0. The first-order chi connectivity index (χ1) is 7.83. The standard InChI is InChI=1S/C13H20N2O/c1-15(12-6-8-16-9-7-12)13-5-3-2-4-11(13)10-14/h2-5,12H,6-10,14H2,1H3. The van der Waals surface area contributed by atoms with Gasteiger partial charge in [0.15, 0.2) is 0 Å². The van der Waals surface area contributed by atoms with Gasteiger partial charge in [-0.25, -0.2) is 0 Å². The molecule has 3 heteroatoms. The van der Waals surface area contributed by atoms with E-state index >= 15 is 0 Å². The van der Waals surface area contributed by atoms with E-state index in [1.807, 2.05) is 6.07 Å². The minimum absolute atomic E-state index is 0.585. The predicted octanol–water partition coefficient (Wildman–Crippen LogP) is 1.76. The van der Waals surface area contributed by atoms with Gasteiger partial charge in [0.25, 0.3) is 0 Å². The third kappa shape index (κ3) is 2.36. The first-order valence-electron chi connectivity index (χ1n) is 5.91. The minimum atomic E-state index is 0.585. The van der Waals surface area contributed by atoms with E-state index in [0.29, 0.717) is 12.6 Å². The van der Waals surface area contributed by atoms with Gasteiger partial charge in [-0.3, -0.25) is 0 Å². The van der Waals surface area contributed by atoms with Gasteiger partial charge in [-0.05, 0) is 24.5 Å². The van der Waals surface area contributed by atoms with Crippen molar-refractivity contribution in [3.8, 4) is 0 Å². The molecule has 1 aromatic rings. The highest BCUT2D eigenvalue weighted by Gasteiger charge is 2.19. The summed E-state index contributed by atoms with van der Waals surface area (Å²) in [5, 5.41) is 0. The summed E-state index contributed by atoms with van der Waals surface area (Å²) in [5.74, 6) is 0. The molecule has 0 radical (unpaired) electrons. The summed E-state index contributed by atoms with van der Waals surface area (Å²) in [5.41, 5.74) is 8.25. The van der Waals surface area contributed by atoms with Gasteiger partial charge in [0, 0.05) is 38.5 Å². The van der Waals surface area contributed by atoms with Crippen LogP contribution < -0.4 is 10.6 Å². The normalized spacial score (nSPS) is 17.4. The fraction of sp³-hybridized carbons (Fsp3) is 0.538. The van der Waals surface area contributed by atoms with Crippen molar-refractivity contribution in [1.82, 2.24) is 0 Å². The van der Waals surface area contributed by atoms with Gasteiger partial charge in [0.05, 0.1) is 0 Å². The number of ether oxygens (including phenoxy) is 1. The van der Waals surface area contributed by atoms with Crippen LogP contribution in [0, 0.1) is 0 Å². The molecule has 0 atom stereocenters. The number of hydrogen-bond acceptors (Lipinski definition) is 3. The molecule has 1 saturated heterocycles. The summed E-state index contributed by atoms with van der Waals surface area (Å²) in [6.07, 6.45) is 2.21. The van der Waals surface area contributed by atoms with Crippen molar-refractivity contribution in [2.24, 2.45) is 5.73 Å². The maximum atomic E-state index is 5.77. The molecule has 88 valence electrons. The molecule has 1 aliphatic heterocycles. The van der Waals surface area contributed by atoms with Crippen LogP contribution in [0.15, 0.2) is 24.3 Å². The first kappa shape index (κ1) is 11.4. The van der Waals surface area contributed by atoms with Crippen LogP contribution in [0.1, 0.15) is 18.4 Å². The van der Waals surface area contributed by atoms with Gasteiger partial charge in [-0.1, -0.05) is 18.2 Å².